The molecule has 0 aliphatic heterocycles. The van der Waals surface area contributed by atoms with Crippen LogP contribution in [0.1, 0.15) is 25.9 Å². The van der Waals surface area contributed by atoms with E-state index < -0.39 is 0 Å². The average molecular weight is 247 g/mol. The van der Waals surface area contributed by atoms with E-state index in [1.165, 1.54) is 11.1 Å². The average Bonchev–Trinajstić information content (AvgIpc) is 2.73. The number of hydrogen-bond donors (Lipinski definition) is 1. The summed E-state index contributed by atoms with van der Waals surface area (Å²) in [6.45, 7) is 4.41. The maximum atomic E-state index is 11.7. The van der Waals surface area contributed by atoms with Gasteiger partial charge in [0.05, 0.1) is 18.4 Å². The molecular formula is C12H13N3OS. The van der Waals surface area contributed by atoms with Crippen molar-refractivity contribution >= 4 is 17.2 Å². The Morgan fingerprint density at radius 3 is 2.71 bits per heavy atom. The van der Waals surface area contributed by atoms with Gasteiger partial charge in [0, 0.05) is 16.0 Å². The summed E-state index contributed by atoms with van der Waals surface area (Å²) in [4.78, 5) is 22.2. The van der Waals surface area contributed by atoms with E-state index in [4.69, 9.17) is 0 Å². The lowest BCUT2D eigenvalue weighted by Gasteiger charge is -2.02. The third-order valence-electron chi connectivity index (χ3n) is 2.23. The van der Waals surface area contributed by atoms with Crippen LogP contribution in [0.4, 0.5) is 0 Å². The Bertz CT molecular complexity index is 519. The molecule has 0 aliphatic carbocycles. The van der Waals surface area contributed by atoms with Crippen LogP contribution in [0, 0.1) is 13.8 Å². The van der Waals surface area contributed by atoms with Crippen molar-refractivity contribution < 1.29 is 4.79 Å². The molecule has 88 valence electrons. The molecule has 0 aromatic carbocycles. The van der Waals surface area contributed by atoms with Crippen molar-refractivity contribution in [2.75, 3.05) is 0 Å². The molecule has 2 aromatic heterocycles. The zero-order valence-electron chi connectivity index (χ0n) is 9.73. The topological polar surface area (TPSA) is 54.9 Å². The molecule has 0 saturated carbocycles. The lowest BCUT2D eigenvalue weighted by Crippen LogP contribution is -2.23. The van der Waals surface area contributed by atoms with Crippen molar-refractivity contribution in [3.8, 4) is 0 Å². The molecule has 2 heterocycles. The van der Waals surface area contributed by atoms with Crippen LogP contribution in [0.25, 0.3) is 0 Å². The molecule has 1 amide bonds. The smallest absolute Gasteiger partial charge is 0.271 e. The summed E-state index contributed by atoms with van der Waals surface area (Å²) in [5, 5.41) is 2.82. The van der Waals surface area contributed by atoms with Gasteiger partial charge in [-0.15, -0.1) is 11.3 Å². The first kappa shape index (κ1) is 11.7. The summed E-state index contributed by atoms with van der Waals surface area (Å²) < 4.78 is 0. The first-order valence-corrected chi connectivity index (χ1v) is 6.09. The molecule has 17 heavy (non-hydrogen) atoms. The fourth-order valence-electron chi connectivity index (χ4n) is 1.35. The van der Waals surface area contributed by atoms with E-state index in [1.807, 2.05) is 26.0 Å². The lowest BCUT2D eigenvalue weighted by atomic mass is 10.4. The number of carbonyl (C=O) groups is 1. The molecule has 0 spiro atoms. The third-order valence-corrected chi connectivity index (χ3v) is 3.23. The number of carbonyl (C=O) groups excluding carboxylic acids is 1. The number of rotatable bonds is 3. The van der Waals surface area contributed by atoms with Gasteiger partial charge in [0.2, 0.25) is 0 Å². The molecule has 0 fully saturated rings. The highest BCUT2D eigenvalue weighted by Crippen LogP contribution is 2.14. The van der Waals surface area contributed by atoms with Crippen molar-refractivity contribution in [2.45, 2.75) is 20.4 Å². The second kappa shape index (κ2) is 5.05. The van der Waals surface area contributed by atoms with Crippen LogP contribution < -0.4 is 5.32 Å². The first-order chi connectivity index (χ1) is 8.15. The Morgan fingerprint density at radius 2 is 2.12 bits per heavy atom. The van der Waals surface area contributed by atoms with Crippen molar-refractivity contribution in [1.29, 1.82) is 0 Å². The number of amides is 1. The summed E-state index contributed by atoms with van der Waals surface area (Å²) in [5.41, 5.74) is 1.15. The largest absolute Gasteiger partial charge is 0.346 e. The minimum absolute atomic E-state index is 0.191. The first-order valence-electron chi connectivity index (χ1n) is 5.27. The van der Waals surface area contributed by atoms with E-state index >= 15 is 0 Å². The van der Waals surface area contributed by atoms with Gasteiger partial charge in [-0.05, 0) is 26.0 Å². The van der Waals surface area contributed by atoms with Crippen LogP contribution >= 0.6 is 11.3 Å². The molecule has 0 saturated heterocycles. The predicted octanol–water partition coefficient (Wildman–Crippen LogP) is 2.08. The second-order valence-electron chi connectivity index (χ2n) is 3.74. The SMILES string of the molecule is Cc1cnc(C(=O)NCc2ccc(C)s2)cn1. The van der Waals surface area contributed by atoms with Gasteiger partial charge < -0.3 is 5.32 Å². The van der Waals surface area contributed by atoms with Gasteiger partial charge in [-0.25, -0.2) is 4.98 Å². The zero-order chi connectivity index (χ0) is 12.3. The molecule has 0 bridgehead atoms. The van der Waals surface area contributed by atoms with Crippen molar-refractivity contribution in [3.05, 3.63) is 45.7 Å². The van der Waals surface area contributed by atoms with Gasteiger partial charge in [0.25, 0.3) is 5.91 Å². The molecule has 2 aromatic rings. The predicted molar refractivity (Wildman–Crippen MR) is 67.0 cm³/mol. The lowest BCUT2D eigenvalue weighted by molar-refractivity contribution is 0.0946. The molecule has 4 nitrogen and oxygen atoms in total. The molecule has 0 unspecified atom stereocenters. The molecule has 1 N–H and O–H groups in total. The fourth-order valence-corrected chi connectivity index (χ4v) is 2.18. The number of nitrogens with one attached hydrogen (secondary N) is 1. The van der Waals surface area contributed by atoms with Gasteiger partial charge in [-0.1, -0.05) is 0 Å². The highest BCUT2D eigenvalue weighted by atomic mass is 32.1. The zero-order valence-corrected chi connectivity index (χ0v) is 10.5. The van der Waals surface area contributed by atoms with Gasteiger partial charge in [0.1, 0.15) is 5.69 Å². The standard InChI is InChI=1S/C12H13N3OS/c1-8-5-14-11(7-13-8)12(16)15-6-10-4-3-9(2)17-10/h3-5,7H,6H2,1-2H3,(H,15,16). The van der Waals surface area contributed by atoms with Crippen LogP contribution in [-0.4, -0.2) is 15.9 Å². The number of aryl methyl sites for hydroxylation is 2. The normalized spacial score (nSPS) is 10.2. The van der Waals surface area contributed by atoms with E-state index in [0.717, 1.165) is 10.6 Å². The number of aromatic nitrogens is 2. The van der Waals surface area contributed by atoms with Gasteiger partial charge >= 0.3 is 0 Å². The Morgan fingerprint density at radius 1 is 1.29 bits per heavy atom. The highest BCUT2D eigenvalue weighted by Gasteiger charge is 2.07. The Balaban J connectivity index is 1.95. The molecule has 0 radical (unpaired) electrons. The van der Waals surface area contributed by atoms with Crippen LogP contribution in [0.3, 0.4) is 0 Å². The second-order valence-corrected chi connectivity index (χ2v) is 5.11. The van der Waals surface area contributed by atoms with Crippen LogP contribution in [0.2, 0.25) is 0 Å². The molecule has 2 rings (SSSR count). The summed E-state index contributed by atoms with van der Waals surface area (Å²) in [6.07, 6.45) is 3.08. The minimum Gasteiger partial charge on any atom is -0.346 e. The van der Waals surface area contributed by atoms with Crippen LogP contribution in [0.15, 0.2) is 24.5 Å². The van der Waals surface area contributed by atoms with E-state index in [9.17, 15) is 4.79 Å². The monoisotopic (exact) mass is 247 g/mol. The van der Waals surface area contributed by atoms with Crippen molar-refractivity contribution in [1.82, 2.24) is 15.3 Å². The fraction of sp³-hybridized carbons (Fsp3) is 0.250. The van der Waals surface area contributed by atoms with E-state index in [0.29, 0.717) is 12.2 Å². The molecule has 0 aliphatic rings. The maximum Gasteiger partial charge on any atom is 0.271 e. The van der Waals surface area contributed by atoms with E-state index in [2.05, 4.69) is 15.3 Å². The summed E-state index contributed by atoms with van der Waals surface area (Å²) in [6, 6.07) is 4.05. The summed E-state index contributed by atoms with van der Waals surface area (Å²) in [7, 11) is 0. The molecule has 5 heteroatoms. The number of thiophene rings is 1. The van der Waals surface area contributed by atoms with Gasteiger partial charge in [0.15, 0.2) is 0 Å². The Hall–Kier alpha value is -1.75. The minimum atomic E-state index is -0.191. The Labute approximate surface area is 104 Å². The van der Waals surface area contributed by atoms with Crippen molar-refractivity contribution in [2.24, 2.45) is 0 Å². The molecular weight excluding hydrogens is 234 g/mol. The van der Waals surface area contributed by atoms with Crippen molar-refractivity contribution in [3.63, 3.8) is 0 Å². The summed E-state index contributed by atoms with van der Waals surface area (Å²) >= 11 is 1.68. The van der Waals surface area contributed by atoms with Crippen LogP contribution in [0.5, 0.6) is 0 Å². The third kappa shape index (κ3) is 3.10. The van der Waals surface area contributed by atoms with E-state index in [1.54, 1.807) is 17.5 Å². The number of nitrogens with zero attached hydrogens (tertiary/aromatic N) is 2. The van der Waals surface area contributed by atoms with Gasteiger partial charge in [-0.2, -0.15) is 0 Å². The quantitative estimate of drug-likeness (QED) is 0.903. The molecule has 0 atom stereocenters. The maximum absolute atomic E-state index is 11.7. The highest BCUT2D eigenvalue weighted by molar-refractivity contribution is 7.11. The Kier molecular flexibility index (Phi) is 3.49. The van der Waals surface area contributed by atoms with Gasteiger partial charge in [-0.3, -0.25) is 9.78 Å². The van der Waals surface area contributed by atoms with Crippen LogP contribution in [-0.2, 0) is 6.54 Å². The summed E-state index contributed by atoms with van der Waals surface area (Å²) in [5.74, 6) is -0.191. The van der Waals surface area contributed by atoms with E-state index in [-0.39, 0.29) is 5.91 Å². The number of hydrogen-bond acceptors (Lipinski definition) is 4.